The molecule has 0 aliphatic carbocycles. The Labute approximate surface area is 220 Å². The Morgan fingerprint density at radius 3 is 2.49 bits per heavy atom. The average Bonchev–Trinajstić information content (AvgIpc) is 3.58. The first-order valence-corrected chi connectivity index (χ1v) is 11.8. The van der Waals surface area contributed by atoms with Crippen LogP contribution < -0.4 is 9.64 Å². The predicted molar refractivity (Wildman–Crippen MR) is 137 cm³/mol. The maximum absolute atomic E-state index is 13.9. The molecule has 192 valence electrons. The van der Waals surface area contributed by atoms with Crippen molar-refractivity contribution < 1.29 is 17.9 Å². The fourth-order valence-electron chi connectivity index (χ4n) is 4.49. The molecule has 8 nitrogen and oxygen atoms in total. The first-order valence-electron chi connectivity index (χ1n) is 11.8. The van der Waals surface area contributed by atoms with Gasteiger partial charge in [0.05, 0.1) is 42.1 Å². The highest BCUT2D eigenvalue weighted by Crippen LogP contribution is 2.33. The van der Waals surface area contributed by atoms with Gasteiger partial charge in [-0.25, -0.2) is 18.6 Å². The molecule has 1 aliphatic heterocycles. The van der Waals surface area contributed by atoms with Gasteiger partial charge in [0, 0.05) is 46.9 Å². The van der Waals surface area contributed by atoms with E-state index < -0.39 is 12.4 Å². The van der Waals surface area contributed by atoms with Gasteiger partial charge >= 0.3 is 6.55 Å². The molecule has 4 aromatic heterocycles. The molecule has 5 aromatic rings. The molecule has 1 fully saturated rings. The molecule has 5 heterocycles. The maximum Gasteiger partial charge on any atom is 0.333 e. The van der Waals surface area contributed by atoms with Crippen molar-refractivity contribution in [3.63, 3.8) is 0 Å². The molecule has 1 aromatic carbocycles. The van der Waals surface area contributed by atoms with Crippen LogP contribution in [0.1, 0.15) is 17.7 Å². The second-order valence-corrected chi connectivity index (χ2v) is 8.93. The van der Waals surface area contributed by atoms with Gasteiger partial charge in [-0.15, -0.1) is 6.42 Å². The van der Waals surface area contributed by atoms with Crippen molar-refractivity contribution in [3.8, 4) is 46.4 Å². The van der Waals surface area contributed by atoms with Crippen LogP contribution >= 0.6 is 0 Å². The standard InChI is InChI=1S/C28H18F3N7O/c1-2-17-3-5-22(8-25(17)29)39-23-15-36(16-23)26-6-4-18(10-33-26)24-7-19(21-12-35-38(14-21)28(30)31)13-37-27(24)20(9-32)11-34-37/h1,3-8,10-14,23,28H,15-16H2. The van der Waals surface area contributed by atoms with E-state index in [1.54, 1.807) is 29.0 Å². The molecule has 0 amide bonds. The van der Waals surface area contributed by atoms with Gasteiger partial charge in [-0.2, -0.15) is 24.2 Å². The van der Waals surface area contributed by atoms with Crippen LogP contribution in [0, 0.1) is 29.5 Å². The second kappa shape index (κ2) is 9.54. The zero-order valence-corrected chi connectivity index (χ0v) is 20.2. The summed E-state index contributed by atoms with van der Waals surface area (Å²) in [5.74, 6) is 2.92. The van der Waals surface area contributed by atoms with Crippen molar-refractivity contribution in [1.29, 1.82) is 5.26 Å². The molecular formula is C28H18F3N7O. The Morgan fingerprint density at radius 2 is 1.82 bits per heavy atom. The normalized spacial score (nSPS) is 13.3. The van der Waals surface area contributed by atoms with Gasteiger partial charge in [0.2, 0.25) is 0 Å². The summed E-state index contributed by atoms with van der Waals surface area (Å²) in [7, 11) is 0. The zero-order valence-electron chi connectivity index (χ0n) is 20.2. The number of terminal acetylenes is 1. The Morgan fingerprint density at radius 1 is 0.974 bits per heavy atom. The number of nitriles is 1. The summed E-state index contributed by atoms with van der Waals surface area (Å²) in [5, 5.41) is 17.6. The number of aromatic nitrogens is 5. The van der Waals surface area contributed by atoms with E-state index in [0.717, 1.165) is 11.4 Å². The third kappa shape index (κ3) is 4.40. The molecule has 0 N–H and O–H groups in total. The van der Waals surface area contributed by atoms with Gasteiger partial charge in [0.15, 0.2) is 0 Å². The van der Waals surface area contributed by atoms with E-state index in [9.17, 15) is 18.4 Å². The number of alkyl halides is 2. The van der Waals surface area contributed by atoms with Crippen LogP contribution in [0.5, 0.6) is 5.75 Å². The molecule has 39 heavy (non-hydrogen) atoms. The van der Waals surface area contributed by atoms with Gasteiger partial charge in [-0.05, 0) is 30.3 Å². The predicted octanol–water partition coefficient (Wildman–Crippen LogP) is 4.91. The van der Waals surface area contributed by atoms with Crippen LogP contribution in [0.3, 0.4) is 0 Å². The third-order valence-corrected chi connectivity index (χ3v) is 6.50. The lowest BCUT2D eigenvalue weighted by Gasteiger charge is -2.39. The minimum atomic E-state index is -2.75. The number of nitrogens with zero attached hydrogens (tertiary/aromatic N) is 7. The quantitative estimate of drug-likeness (QED) is 0.293. The number of anilines is 1. The van der Waals surface area contributed by atoms with Crippen molar-refractivity contribution in [2.75, 3.05) is 18.0 Å². The number of pyridine rings is 2. The van der Waals surface area contributed by atoms with E-state index in [0.29, 0.717) is 51.3 Å². The van der Waals surface area contributed by atoms with Gasteiger partial charge in [-0.1, -0.05) is 5.92 Å². The molecule has 0 atom stereocenters. The molecule has 0 saturated carbocycles. The van der Waals surface area contributed by atoms with Crippen molar-refractivity contribution >= 4 is 11.3 Å². The largest absolute Gasteiger partial charge is 0.487 e. The van der Waals surface area contributed by atoms with Crippen molar-refractivity contribution in [3.05, 3.63) is 84.3 Å². The molecule has 6 rings (SSSR count). The number of fused-ring (bicyclic) bond motifs is 1. The van der Waals surface area contributed by atoms with E-state index in [2.05, 4.69) is 27.2 Å². The van der Waals surface area contributed by atoms with Crippen molar-refractivity contribution in [2.24, 2.45) is 0 Å². The van der Waals surface area contributed by atoms with Gasteiger partial charge < -0.3 is 9.64 Å². The fourth-order valence-corrected chi connectivity index (χ4v) is 4.49. The summed E-state index contributed by atoms with van der Waals surface area (Å²) in [5.41, 5.74) is 3.63. The number of halogens is 3. The molecule has 1 aliphatic rings. The SMILES string of the molecule is C#Cc1ccc(OC2CN(c3ccc(-c4cc(-c5cnn(C(F)F)c5)cn5ncc(C#N)c45)cn3)C2)cc1F. The van der Waals surface area contributed by atoms with Crippen LogP contribution in [0.2, 0.25) is 0 Å². The Kier molecular flexibility index (Phi) is 5.89. The second-order valence-electron chi connectivity index (χ2n) is 8.93. The first kappa shape index (κ1) is 24.1. The molecule has 0 spiro atoms. The number of hydrogen-bond donors (Lipinski definition) is 0. The number of hydrogen-bond acceptors (Lipinski definition) is 6. The van der Waals surface area contributed by atoms with Crippen LogP contribution in [-0.2, 0) is 0 Å². The highest BCUT2D eigenvalue weighted by Gasteiger charge is 2.30. The van der Waals surface area contributed by atoms with E-state index >= 15 is 0 Å². The van der Waals surface area contributed by atoms with Gasteiger partial charge in [0.25, 0.3) is 0 Å². The van der Waals surface area contributed by atoms with Gasteiger partial charge in [-0.3, -0.25) is 0 Å². The highest BCUT2D eigenvalue weighted by molar-refractivity contribution is 5.87. The lowest BCUT2D eigenvalue weighted by Crippen LogP contribution is -2.54. The summed E-state index contributed by atoms with van der Waals surface area (Å²) in [6.45, 7) is -1.62. The zero-order chi connectivity index (χ0) is 27.1. The maximum atomic E-state index is 13.9. The molecular weight excluding hydrogens is 507 g/mol. The number of ether oxygens (including phenoxy) is 1. The minimum absolute atomic E-state index is 0.127. The monoisotopic (exact) mass is 525 g/mol. The summed E-state index contributed by atoms with van der Waals surface area (Å²) >= 11 is 0. The van der Waals surface area contributed by atoms with E-state index in [1.165, 1.54) is 30.7 Å². The lowest BCUT2D eigenvalue weighted by atomic mass is 10.0. The first-order chi connectivity index (χ1) is 18.9. The summed E-state index contributed by atoms with van der Waals surface area (Å²) in [6, 6.07) is 12.1. The average molecular weight is 525 g/mol. The third-order valence-electron chi connectivity index (χ3n) is 6.50. The Balaban J connectivity index is 1.24. The summed E-state index contributed by atoms with van der Waals surface area (Å²) < 4.78 is 48.0. The Hall–Kier alpha value is -5.29. The topological polar surface area (TPSA) is 84.3 Å². The van der Waals surface area contributed by atoms with Gasteiger partial charge in [0.1, 0.15) is 29.6 Å². The number of benzene rings is 1. The molecule has 0 bridgehead atoms. The fraction of sp³-hybridized carbons (Fsp3) is 0.143. The summed E-state index contributed by atoms with van der Waals surface area (Å²) in [6.07, 6.45) is 12.6. The van der Waals surface area contributed by atoms with E-state index in [1.807, 2.05) is 17.0 Å². The molecule has 0 unspecified atom stereocenters. The molecule has 1 saturated heterocycles. The Bertz CT molecular complexity index is 1770. The van der Waals surface area contributed by atoms with Crippen molar-refractivity contribution in [1.82, 2.24) is 24.4 Å². The van der Waals surface area contributed by atoms with Crippen LogP contribution in [0.4, 0.5) is 19.0 Å². The van der Waals surface area contributed by atoms with Crippen LogP contribution in [0.25, 0.3) is 27.8 Å². The lowest BCUT2D eigenvalue weighted by molar-refractivity contribution is 0.0566. The smallest absolute Gasteiger partial charge is 0.333 e. The van der Waals surface area contributed by atoms with Crippen LogP contribution in [0.15, 0.2) is 67.4 Å². The minimum Gasteiger partial charge on any atom is -0.487 e. The molecule has 11 heteroatoms. The van der Waals surface area contributed by atoms with Crippen molar-refractivity contribution in [2.45, 2.75) is 12.7 Å². The van der Waals surface area contributed by atoms with E-state index in [-0.39, 0.29) is 11.7 Å². The summed E-state index contributed by atoms with van der Waals surface area (Å²) in [4.78, 5) is 6.61. The highest BCUT2D eigenvalue weighted by atomic mass is 19.3. The molecule has 0 radical (unpaired) electrons. The number of rotatable bonds is 6. The van der Waals surface area contributed by atoms with E-state index in [4.69, 9.17) is 11.2 Å². The van der Waals surface area contributed by atoms with Crippen LogP contribution in [-0.4, -0.2) is 43.6 Å².